The summed E-state index contributed by atoms with van der Waals surface area (Å²) in [6, 6.07) is -0.403. The summed E-state index contributed by atoms with van der Waals surface area (Å²) in [5.74, 6) is -1.23. The fourth-order valence-corrected chi connectivity index (χ4v) is 1.36. The van der Waals surface area contributed by atoms with Crippen LogP contribution < -0.4 is 10.6 Å². The highest BCUT2D eigenvalue weighted by Gasteiger charge is 2.08. The number of nitrogens with zero attached hydrogens (tertiary/aromatic N) is 4. The van der Waals surface area contributed by atoms with Gasteiger partial charge in [0, 0.05) is 33.6 Å². The van der Waals surface area contributed by atoms with E-state index in [1.54, 1.807) is 14.1 Å². The summed E-state index contributed by atoms with van der Waals surface area (Å²) in [7, 11) is 3.29. The van der Waals surface area contributed by atoms with Crippen LogP contribution >= 0.6 is 0 Å². The monoisotopic (exact) mass is 298 g/mol. The number of hydrogen-bond acceptors (Lipinski definition) is 5. The fraction of sp³-hybridized carbons (Fsp3) is 0.545. The van der Waals surface area contributed by atoms with Gasteiger partial charge in [0.05, 0.1) is 12.7 Å². The summed E-state index contributed by atoms with van der Waals surface area (Å²) < 4.78 is 1.32. The predicted molar refractivity (Wildman–Crippen MR) is 71.7 cm³/mol. The summed E-state index contributed by atoms with van der Waals surface area (Å²) >= 11 is 0. The third-order valence-corrected chi connectivity index (χ3v) is 2.51. The van der Waals surface area contributed by atoms with Crippen molar-refractivity contribution < 1.29 is 19.5 Å². The van der Waals surface area contributed by atoms with Gasteiger partial charge in [-0.25, -0.2) is 14.3 Å². The summed E-state index contributed by atoms with van der Waals surface area (Å²) in [4.78, 5) is 34.7. The molecule has 1 aromatic heterocycles. The van der Waals surface area contributed by atoms with E-state index in [1.165, 1.54) is 15.8 Å². The Bertz CT molecular complexity index is 513. The third-order valence-electron chi connectivity index (χ3n) is 2.51. The zero-order valence-electron chi connectivity index (χ0n) is 11.9. The molecule has 0 saturated carbocycles. The predicted octanol–water partition coefficient (Wildman–Crippen LogP) is -1.25. The number of aromatic carboxylic acids is 1. The lowest BCUT2D eigenvalue weighted by Crippen LogP contribution is -2.39. The lowest BCUT2D eigenvalue weighted by molar-refractivity contribution is -0.128. The van der Waals surface area contributed by atoms with E-state index >= 15 is 0 Å². The maximum Gasteiger partial charge on any atom is 0.358 e. The quantitative estimate of drug-likeness (QED) is 0.577. The average molecular weight is 298 g/mol. The summed E-state index contributed by atoms with van der Waals surface area (Å²) in [5.41, 5.74) is -0.151. The van der Waals surface area contributed by atoms with E-state index in [9.17, 15) is 14.4 Å². The number of urea groups is 1. The molecular weight excluding hydrogens is 280 g/mol. The normalized spacial score (nSPS) is 10.0. The van der Waals surface area contributed by atoms with E-state index in [1.807, 2.05) is 0 Å². The van der Waals surface area contributed by atoms with Crippen LogP contribution in [0.3, 0.4) is 0 Å². The number of carbonyl (C=O) groups is 3. The van der Waals surface area contributed by atoms with Crippen molar-refractivity contribution in [1.29, 1.82) is 0 Å². The molecule has 1 aromatic rings. The van der Waals surface area contributed by atoms with Crippen LogP contribution in [0.1, 0.15) is 16.9 Å². The van der Waals surface area contributed by atoms with Gasteiger partial charge in [-0.15, -0.1) is 5.10 Å². The van der Waals surface area contributed by atoms with Gasteiger partial charge in [0.1, 0.15) is 0 Å². The van der Waals surface area contributed by atoms with E-state index < -0.39 is 12.0 Å². The lowest BCUT2D eigenvalue weighted by atomic mass is 10.4. The zero-order chi connectivity index (χ0) is 15.8. The molecule has 0 bridgehead atoms. The molecule has 116 valence electrons. The van der Waals surface area contributed by atoms with Crippen LogP contribution in [0, 0.1) is 0 Å². The minimum Gasteiger partial charge on any atom is -0.476 e. The molecule has 0 spiro atoms. The number of aromatic nitrogens is 3. The smallest absolute Gasteiger partial charge is 0.358 e. The minimum absolute atomic E-state index is 0.0703. The topological polar surface area (TPSA) is 129 Å². The van der Waals surface area contributed by atoms with Crippen molar-refractivity contribution in [1.82, 2.24) is 30.5 Å². The molecule has 0 aromatic carbocycles. The summed E-state index contributed by atoms with van der Waals surface area (Å²) in [6.45, 7) is 0.801. The molecule has 0 fully saturated rings. The molecule has 0 saturated heterocycles. The molecule has 3 N–H and O–H groups in total. The number of carbonyl (C=O) groups excluding carboxylic acids is 2. The van der Waals surface area contributed by atoms with Crippen LogP contribution in [-0.2, 0) is 11.3 Å². The Morgan fingerprint density at radius 3 is 2.52 bits per heavy atom. The van der Waals surface area contributed by atoms with Crippen LogP contribution in [0.15, 0.2) is 6.20 Å². The number of hydrogen-bond donors (Lipinski definition) is 3. The minimum atomic E-state index is -1.16. The maximum absolute atomic E-state index is 11.4. The van der Waals surface area contributed by atoms with Gasteiger partial charge >= 0.3 is 12.0 Å². The van der Waals surface area contributed by atoms with Crippen LogP contribution in [0.25, 0.3) is 0 Å². The standard InChI is InChI=1S/C11H18N6O4/c1-16(2)9(18)3-4-12-11(21)13-5-6-17-7-8(10(19)20)14-15-17/h7H,3-6H2,1-2H3,(H,19,20)(H2,12,13,21). The van der Waals surface area contributed by atoms with Crippen molar-refractivity contribution in [2.24, 2.45) is 0 Å². The molecule has 0 radical (unpaired) electrons. The molecule has 3 amide bonds. The van der Waals surface area contributed by atoms with Gasteiger partial charge in [-0.3, -0.25) is 4.79 Å². The van der Waals surface area contributed by atoms with Crippen LogP contribution in [0.4, 0.5) is 4.79 Å². The molecular formula is C11H18N6O4. The first-order valence-corrected chi connectivity index (χ1v) is 6.25. The summed E-state index contributed by atoms with van der Waals surface area (Å²) in [6.07, 6.45) is 1.50. The first-order chi connectivity index (χ1) is 9.90. The largest absolute Gasteiger partial charge is 0.476 e. The lowest BCUT2D eigenvalue weighted by Gasteiger charge is -2.11. The second-order valence-corrected chi connectivity index (χ2v) is 4.39. The van der Waals surface area contributed by atoms with Gasteiger partial charge in [0.2, 0.25) is 5.91 Å². The van der Waals surface area contributed by atoms with Crippen molar-refractivity contribution >= 4 is 17.9 Å². The van der Waals surface area contributed by atoms with Gasteiger partial charge in [-0.05, 0) is 0 Å². The Labute approximate surface area is 121 Å². The van der Waals surface area contributed by atoms with Gasteiger partial charge in [-0.2, -0.15) is 0 Å². The molecule has 10 heteroatoms. The second-order valence-electron chi connectivity index (χ2n) is 4.39. The first kappa shape index (κ1) is 16.4. The number of amides is 3. The Morgan fingerprint density at radius 2 is 1.95 bits per heavy atom. The molecule has 0 unspecified atom stereocenters. The Morgan fingerprint density at radius 1 is 1.29 bits per heavy atom. The highest BCUT2D eigenvalue weighted by molar-refractivity contribution is 5.84. The van der Waals surface area contributed by atoms with Gasteiger partial charge in [0.25, 0.3) is 0 Å². The number of carboxylic acids is 1. The molecule has 0 aliphatic carbocycles. The Balaban J connectivity index is 2.18. The zero-order valence-corrected chi connectivity index (χ0v) is 11.9. The van der Waals surface area contributed by atoms with Crippen molar-refractivity contribution in [3.63, 3.8) is 0 Å². The van der Waals surface area contributed by atoms with E-state index in [-0.39, 0.29) is 31.1 Å². The first-order valence-electron chi connectivity index (χ1n) is 6.25. The molecule has 1 rings (SSSR count). The van der Waals surface area contributed by atoms with E-state index in [0.717, 1.165) is 0 Å². The van der Waals surface area contributed by atoms with Crippen LogP contribution in [0.2, 0.25) is 0 Å². The average Bonchev–Trinajstić information content (AvgIpc) is 2.87. The van der Waals surface area contributed by atoms with Crippen LogP contribution in [0.5, 0.6) is 0 Å². The van der Waals surface area contributed by atoms with Gasteiger partial charge in [0.15, 0.2) is 5.69 Å². The summed E-state index contributed by atoms with van der Waals surface area (Å²) in [5, 5.41) is 20.8. The van der Waals surface area contributed by atoms with E-state index in [4.69, 9.17) is 5.11 Å². The highest BCUT2D eigenvalue weighted by Crippen LogP contribution is 1.91. The second kappa shape index (κ2) is 7.82. The maximum atomic E-state index is 11.4. The highest BCUT2D eigenvalue weighted by atomic mass is 16.4. The van der Waals surface area contributed by atoms with Crippen LogP contribution in [-0.4, -0.2) is 70.1 Å². The Hall–Kier alpha value is -2.65. The van der Waals surface area contributed by atoms with E-state index in [2.05, 4.69) is 20.9 Å². The fourth-order valence-electron chi connectivity index (χ4n) is 1.36. The number of carboxylic acid groups (broad SMARTS) is 1. The van der Waals surface area contributed by atoms with Crippen molar-refractivity contribution in [3.8, 4) is 0 Å². The molecule has 0 aliphatic heterocycles. The molecule has 21 heavy (non-hydrogen) atoms. The van der Waals surface area contributed by atoms with Crippen molar-refractivity contribution in [2.45, 2.75) is 13.0 Å². The van der Waals surface area contributed by atoms with Gasteiger partial charge < -0.3 is 20.6 Å². The Kier molecular flexibility index (Phi) is 6.11. The molecule has 0 aliphatic rings. The molecule has 0 atom stereocenters. The van der Waals surface area contributed by atoms with E-state index in [0.29, 0.717) is 6.54 Å². The molecule has 10 nitrogen and oxygen atoms in total. The number of nitrogens with one attached hydrogen (secondary N) is 2. The SMILES string of the molecule is CN(C)C(=O)CCNC(=O)NCCn1cc(C(=O)O)nn1. The van der Waals surface area contributed by atoms with Crippen molar-refractivity contribution in [2.75, 3.05) is 27.2 Å². The third kappa shape index (κ3) is 5.89. The van der Waals surface area contributed by atoms with Crippen molar-refractivity contribution in [3.05, 3.63) is 11.9 Å². The molecule has 1 heterocycles. The van der Waals surface area contributed by atoms with Gasteiger partial charge in [-0.1, -0.05) is 5.21 Å². The number of rotatable bonds is 7.